The molecule has 0 N–H and O–H groups in total. The molecule has 1 aliphatic rings. The largest absolute Gasteiger partial charge is 0.213 e. The molecular formula is C22H24N+. The zero-order valence-corrected chi connectivity index (χ0v) is 14.0. The molecule has 0 saturated heterocycles. The Kier molecular flexibility index (Phi) is 3.65. The molecule has 0 bridgehead atoms. The first kappa shape index (κ1) is 14.4. The van der Waals surface area contributed by atoms with E-state index in [0.29, 0.717) is 0 Å². The predicted molar refractivity (Wildman–Crippen MR) is 96.5 cm³/mol. The molecule has 116 valence electrons. The van der Waals surface area contributed by atoms with E-state index < -0.39 is 0 Å². The minimum absolute atomic E-state index is 0.764. The first-order valence-corrected chi connectivity index (χ1v) is 8.73. The van der Waals surface area contributed by atoms with Gasteiger partial charge in [0, 0.05) is 23.1 Å². The molecule has 0 unspecified atom stereocenters. The van der Waals surface area contributed by atoms with E-state index in [4.69, 9.17) is 0 Å². The molecule has 1 saturated carbocycles. The molecule has 0 atom stereocenters. The van der Waals surface area contributed by atoms with Crippen molar-refractivity contribution in [2.24, 2.45) is 7.05 Å². The van der Waals surface area contributed by atoms with E-state index in [-0.39, 0.29) is 0 Å². The van der Waals surface area contributed by atoms with Gasteiger partial charge < -0.3 is 0 Å². The number of benzene rings is 2. The molecular weight excluding hydrogens is 278 g/mol. The Bertz CT molecular complexity index is 857. The van der Waals surface area contributed by atoms with Crippen molar-refractivity contribution in [3.63, 3.8) is 0 Å². The zero-order chi connectivity index (χ0) is 15.8. The summed E-state index contributed by atoms with van der Waals surface area (Å²) in [6.07, 6.45) is 5.48. The maximum Gasteiger partial charge on any atom is 0.213 e. The van der Waals surface area contributed by atoms with Gasteiger partial charge in [-0.05, 0) is 55.0 Å². The summed E-state index contributed by atoms with van der Waals surface area (Å²) in [5.41, 5.74) is 6.85. The summed E-state index contributed by atoms with van der Waals surface area (Å²) >= 11 is 0. The van der Waals surface area contributed by atoms with Crippen LogP contribution in [0.4, 0.5) is 0 Å². The molecule has 0 aliphatic heterocycles. The van der Waals surface area contributed by atoms with Gasteiger partial charge >= 0.3 is 0 Å². The van der Waals surface area contributed by atoms with Crippen LogP contribution >= 0.6 is 0 Å². The molecule has 3 aromatic rings. The molecule has 1 nitrogen and oxygen atoms in total. The Morgan fingerprint density at radius 1 is 0.913 bits per heavy atom. The van der Waals surface area contributed by atoms with Crippen LogP contribution in [0, 0.1) is 6.92 Å². The zero-order valence-electron chi connectivity index (χ0n) is 14.0. The van der Waals surface area contributed by atoms with Gasteiger partial charge in [0.25, 0.3) is 0 Å². The van der Waals surface area contributed by atoms with E-state index in [1.165, 1.54) is 59.0 Å². The van der Waals surface area contributed by atoms with Crippen molar-refractivity contribution in [2.75, 3.05) is 0 Å². The molecule has 0 amide bonds. The summed E-state index contributed by atoms with van der Waals surface area (Å²) in [4.78, 5) is 0. The number of aryl methyl sites for hydroxylation is 2. The van der Waals surface area contributed by atoms with Crippen molar-refractivity contribution in [2.45, 2.75) is 38.5 Å². The van der Waals surface area contributed by atoms with Gasteiger partial charge in [0.15, 0.2) is 0 Å². The van der Waals surface area contributed by atoms with Crippen molar-refractivity contribution in [1.82, 2.24) is 0 Å². The lowest BCUT2D eigenvalue weighted by Crippen LogP contribution is -2.32. The van der Waals surface area contributed by atoms with Gasteiger partial charge in [-0.15, -0.1) is 0 Å². The number of rotatable bonds is 2. The lowest BCUT2D eigenvalue weighted by Gasteiger charge is -2.13. The lowest BCUT2D eigenvalue weighted by atomic mass is 9.92. The van der Waals surface area contributed by atoms with Crippen LogP contribution in [0.15, 0.2) is 54.6 Å². The summed E-state index contributed by atoms with van der Waals surface area (Å²) in [5, 5.41) is 1.29. The van der Waals surface area contributed by atoms with Gasteiger partial charge in [-0.3, -0.25) is 0 Å². The number of pyridine rings is 1. The molecule has 2 aromatic carbocycles. The van der Waals surface area contributed by atoms with Crippen molar-refractivity contribution in [3.05, 3.63) is 65.7 Å². The van der Waals surface area contributed by atoms with Crippen LogP contribution in [0.25, 0.3) is 22.2 Å². The molecule has 4 rings (SSSR count). The predicted octanol–water partition coefficient (Wildman–Crippen LogP) is 5.30. The fourth-order valence-corrected chi connectivity index (χ4v) is 4.04. The molecule has 1 heteroatoms. The number of hydrogen-bond acceptors (Lipinski definition) is 0. The Balaban J connectivity index is 1.86. The quantitative estimate of drug-likeness (QED) is 0.566. The second kappa shape index (κ2) is 5.81. The number of para-hydroxylation sites is 1. The van der Waals surface area contributed by atoms with Crippen LogP contribution in [-0.2, 0) is 7.05 Å². The van der Waals surface area contributed by atoms with Crippen LogP contribution in [-0.4, -0.2) is 0 Å². The van der Waals surface area contributed by atoms with Crippen molar-refractivity contribution < 1.29 is 4.57 Å². The first-order chi connectivity index (χ1) is 11.2. The van der Waals surface area contributed by atoms with Gasteiger partial charge in [-0.25, -0.2) is 0 Å². The van der Waals surface area contributed by atoms with Gasteiger partial charge in [-0.2, -0.15) is 4.57 Å². The van der Waals surface area contributed by atoms with Crippen LogP contribution in [0.2, 0.25) is 0 Å². The highest BCUT2D eigenvalue weighted by Gasteiger charge is 2.20. The Morgan fingerprint density at radius 2 is 1.70 bits per heavy atom. The monoisotopic (exact) mass is 302 g/mol. The second-order valence-electron chi connectivity index (χ2n) is 6.89. The minimum Gasteiger partial charge on any atom is -0.194 e. The molecule has 0 radical (unpaired) electrons. The molecule has 0 spiro atoms. The van der Waals surface area contributed by atoms with Crippen molar-refractivity contribution >= 4 is 10.9 Å². The third-order valence-corrected chi connectivity index (χ3v) is 5.44. The van der Waals surface area contributed by atoms with Gasteiger partial charge in [0.1, 0.15) is 7.05 Å². The molecule has 1 fully saturated rings. The van der Waals surface area contributed by atoms with Crippen LogP contribution in [0.3, 0.4) is 0 Å². The molecule has 1 heterocycles. The summed E-state index contributed by atoms with van der Waals surface area (Å²) in [7, 11) is 2.18. The number of aromatic nitrogens is 1. The van der Waals surface area contributed by atoms with Crippen LogP contribution in [0.1, 0.15) is 42.7 Å². The van der Waals surface area contributed by atoms with Crippen LogP contribution < -0.4 is 4.57 Å². The van der Waals surface area contributed by atoms with Crippen molar-refractivity contribution in [1.29, 1.82) is 0 Å². The van der Waals surface area contributed by atoms with E-state index in [0.717, 1.165) is 5.92 Å². The second-order valence-corrected chi connectivity index (χ2v) is 6.89. The number of nitrogens with zero attached hydrogens (tertiary/aromatic N) is 1. The maximum atomic E-state index is 2.44. The normalized spacial score (nSPS) is 15.4. The fraction of sp³-hybridized carbons (Fsp3) is 0.318. The van der Waals surface area contributed by atoms with E-state index in [1.807, 2.05) is 0 Å². The van der Waals surface area contributed by atoms with Crippen LogP contribution in [0.5, 0.6) is 0 Å². The SMILES string of the molecule is Cc1ccc(C2CCCC2)cc1-c1ccc2ccccc2[n+]1C. The fourth-order valence-electron chi connectivity index (χ4n) is 4.04. The molecule has 1 aromatic heterocycles. The average Bonchev–Trinajstić information content (AvgIpc) is 3.11. The smallest absolute Gasteiger partial charge is 0.194 e. The summed E-state index contributed by atoms with van der Waals surface area (Å²) in [6.45, 7) is 2.23. The summed E-state index contributed by atoms with van der Waals surface area (Å²) < 4.78 is 2.33. The average molecular weight is 302 g/mol. The minimum atomic E-state index is 0.764. The summed E-state index contributed by atoms with van der Waals surface area (Å²) in [6, 6.07) is 20.2. The summed E-state index contributed by atoms with van der Waals surface area (Å²) in [5.74, 6) is 0.764. The highest BCUT2D eigenvalue weighted by atomic mass is 14.9. The Labute approximate surface area is 138 Å². The van der Waals surface area contributed by atoms with E-state index >= 15 is 0 Å². The Morgan fingerprint density at radius 3 is 2.52 bits per heavy atom. The number of fused-ring (bicyclic) bond motifs is 1. The van der Waals surface area contributed by atoms with E-state index in [9.17, 15) is 0 Å². The molecule has 1 aliphatic carbocycles. The molecule has 23 heavy (non-hydrogen) atoms. The van der Waals surface area contributed by atoms with Gasteiger partial charge in [-0.1, -0.05) is 37.1 Å². The van der Waals surface area contributed by atoms with E-state index in [2.05, 4.69) is 73.1 Å². The third kappa shape index (κ3) is 2.55. The standard InChI is InChI=1S/C22H24N/c1-16-11-12-19(17-7-3-4-8-17)15-20(16)22-14-13-18-9-5-6-10-21(18)23(22)2/h5-6,9-15,17H,3-4,7-8H2,1-2H3/q+1. The van der Waals surface area contributed by atoms with Gasteiger partial charge in [0.05, 0.1) is 0 Å². The number of hydrogen-bond donors (Lipinski definition) is 0. The maximum absolute atomic E-state index is 2.44. The lowest BCUT2D eigenvalue weighted by molar-refractivity contribution is -0.633. The highest BCUT2D eigenvalue weighted by Crippen LogP contribution is 2.36. The Hall–Kier alpha value is -2.15. The van der Waals surface area contributed by atoms with Gasteiger partial charge in [0.2, 0.25) is 11.2 Å². The topological polar surface area (TPSA) is 3.88 Å². The third-order valence-electron chi connectivity index (χ3n) is 5.44. The highest BCUT2D eigenvalue weighted by molar-refractivity contribution is 5.77. The van der Waals surface area contributed by atoms with E-state index in [1.54, 1.807) is 0 Å². The van der Waals surface area contributed by atoms with Crippen molar-refractivity contribution in [3.8, 4) is 11.3 Å². The first-order valence-electron chi connectivity index (χ1n) is 8.73.